The lowest BCUT2D eigenvalue weighted by Gasteiger charge is -2.40. The number of hydrogen-bond acceptors (Lipinski definition) is 9. The molecule has 1 amide bonds. The first-order chi connectivity index (χ1) is 23.8. The molecule has 1 heterocycles. The van der Waals surface area contributed by atoms with Crippen LogP contribution in [0.3, 0.4) is 0 Å². The van der Waals surface area contributed by atoms with E-state index in [1.807, 2.05) is 6.08 Å². The Hall–Kier alpha value is -1.37. The first-order valence-corrected chi connectivity index (χ1v) is 19.7. The summed E-state index contributed by atoms with van der Waals surface area (Å²) in [5.41, 5.74) is 0. The number of hydrogen-bond donors (Lipinski definition) is 7. The summed E-state index contributed by atoms with van der Waals surface area (Å²) in [6.45, 7) is 3.53. The Morgan fingerprint density at radius 2 is 1.20 bits per heavy atom. The van der Waals surface area contributed by atoms with E-state index >= 15 is 0 Å². The quantitative estimate of drug-likeness (QED) is 0.0352. The molecule has 10 heteroatoms. The van der Waals surface area contributed by atoms with Crippen molar-refractivity contribution in [1.82, 2.24) is 5.32 Å². The van der Waals surface area contributed by atoms with Crippen LogP contribution in [-0.4, -0.2) is 98.7 Å². The first kappa shape index (κ1) is 45.7. The normalized spacial score (nSPS) is 23.3. The standard InChI is InChI=1S/C39H73NO9/c1-3-5-7-9-11-13-15-16-18-20-22-24-26-28-33(43)38(47)40-31(30-48-39-37(46)36(45)35(44)34(29-41)49-39)32(42)27-25-23-21-19-17-14-12-10-8-6-4-2/h17,19,25,27,31-37,39,41-46H,3-16,18,20-24,26,28-30H2,1-2H3,(H,40,47)/b19-17+,27-25+. The van der Waals surface area contributed by atoms with Gasteiger partial charge in [0.25, 0.3) is 0 Å². The van der Waals surface area contributed by atoms with Crippen molar-refractivity contribution in [3.05, 3.63) is 24.3 Å². The van der Waals surface area contributed by atoms with E-state index in [1.54, 1.807) is 6.08 Å². The second-order valence-corrected chi connectivity index (χ2v) is 13.9. The van der Waals surface area contributed by atoms with Crippen molar-refractivity contribution in [2.45, 2.75) is 204 Å². The molecule has 0 aromatic rings. The number of ether oxygens (including phenoxy) is 2. The first-order valence-electron chi connectivity index (χ1n) is 19.7. The molecule has 7 N–H and O–H groups in total. The minimum Gasteiger partial charge on any atom is -0.394 e. The Kier molecular flexibility index (Phi) is 28.2. The van der Waals surface area contributed by atoms with E-state index < -0.39 is 61.5 Å². The van der Waals surface area contributed by atoms with Gasteiger partial charge < -0.3 is 45.4 Å². The molecule has 288 valence electrons. The number of unbranched alkanes of at least 4 members (excludes halogenated alkanes) is 18. The van der Waals surface area contributed by atoms with Crippen molar-refractivity contribution >= 4 is 5.91 Å². The number of nitrogens with one attached hydrogen (secondary N) is 1. The summed E-state index contributed by atoms with van der Waals surface area (Å²) in [6.07, 6.45) is 22.7. The summed E-state index contributed by atoms with van der Waals surface area (Å²) >= 11 is 0. The third-order valence-electron chi connectivity index (χ3n) is 9.39. The maximum Gasteiger partial charge on any atom is 0.249 e. The van der Waals surface area contributed by atoms with Crippen LogP contribution in [0.25, 0.3) is 0 Å². The van der Waals surface area contributed by atoms with Gasteiger partial charge in [0, 0.05) is 0 Å². The van der Waals surface area contributed by atoms with Gasteiger partial charge >= 0.3 is 0 Å². The summed E-state index contributed by atoms with van der Waals surface area (Å²) in [7, 11) is 0. The summed E-state index contributed by atoms with van der Waals surface area (Å²) in [6, 6.07) is -0.990. The minimum absolute atomic E-state index is 0.306. The third-order valence-corrected chi connectivity index (χ3v) is 9.39. The van der Waals surface area contributed by atoms with Gasteiger partial charge in [-0.25, -0.2) is 0 Å². The van der Waals surface area contributed by atoms with Crippen LogP contribution in [0.5, 0.6) is 0 Å². The van der Waals surface area contributed by atoms with Crippen LogP contribution in [0.1, 0.15) is 155 Å². The zero-order valence-corrected chi connectivity index (χ0v) is 30.8. The fourth-order valence-corrected chi connectivity index (χ4v) is 6.06. The van der Waals surface area contributed by atoms with Gasteiger partial charge in [0.1, 0.15) is 30.5 Å². The monoisotopic (exact) mass is 700 g/mol. The molecule has 1 aliphatic rings. The van der Waals surface area contributed by atoms with Crippen LogP contribution in [-0.2, 0) is 14.3 Å². The Bertz CT molecular complexity index is 839. The number of rotatable bonds is 31. The maximum atomic E-state index is 12.9. The number of carbonyl (C=O) groups is 1. The molecule has 0 saturated carbocycles. The number of aliphatic hydroxyl groups is 6. The van der Waals surface area contributed by atoms with E-state index in [0.29, 0.717) is 19.3 Å². The average molecular weight is 700 g/mol. The molecule has 1 aliphatic heterocycles. The molecule has 49 heavy (non-hydrogen) atoms. The second-order valence-electron chi connectivity index (χ2n) is 13.9. The third kappa shape index (κ3) is 21.6. The SMILES string of the molecule is CCCCCCC/C=C/CC/C=C/C(O)C(COC1OC(CO)C(O)C(O)C1O)NC(=O)C(O)CCCCCCCCCCCCCCC. The Morgan fingerprint density at radius 1 is 0.694 bits per heavy atom. The highest BCUT2D eigenvalue weighted by atomic mass is 16.7. The van der Waals surface area contributed by atoms with Gasteiger partial charge in [0.15, 0.2) is 6.29 Å². The van der Waals surface area contributed by atoms with Crippen LogP contribution in [0.2, 0.25) is 0 Å². The van der Waals surface area contributed by atoms with Gasteiger partial charge in [-0.15, -0.1) is 0 Å². The number of carbonyl (C=O) groups excluding carboxylic acids is 1. The van der Waals surface area contributed by atoms with Gasteiger partial charge in [-0.3, -0.25) is 4.79 Å². The van der Waals surface area contributed by atoms with Gasteiger partial charge in [-0.2, -0.15) is 0 Å². The molecule has 8 unspecified atom stereocenters. The van der Waals surface area contributed by atoms with Crippen molar-refractivity contribution < 1.29 is 44.9 Å². The summed E-state index contributed by atoms with van der Waals surface area (Å²) in [5.74, 6) is -0.629. The van der Waals surface area contributed by atoms with E-state index in [-0.39, 0.29) is 6.61 Å². The predicted molar refractivity (Wildman–Crippen MR) is 195 cm³/mol. The smallest absolute Gasteiger partial charge is 0.249 e. The molecule has 1 saturated heterocycles. The number of amides is 1. The van der Waals surface area contributed by atoms with E-state index in [9.17, 15) is 35.4 Å². The van der Waals surface area contributed by atoms with Crippen molar-refractivity contribution in [2.75, 3.05) is 13.2 Å². The van der Waals surface area contributed by atoms with Crippen molar-refractivity contribution in [2.24, 2.45) is 0 Å². The summed E-state index contributed by atoms with van der Waals surface area (Å²) in [5, 5.41) is 64.2. The lowest BCUT2D eigenvalue weighted by molar-refractivity contribution is -0.302. The van der Waals surface area contributed by atoms with Crippen LogP contribution in [0.15, 0.2) is 24.3 Å². The average Bonchev–Trinajstić information content (AvgIpc) is 3.10. The van der Waals surface area contributed by atoms with E-state index in [2.05, 4.69) is 31.3 Å². The molecule has 0 aliphatic carbocycles. The van der Waals surface area contributed by atoms with Crippen molar-refractivity contribution in [1.29, 1.82) is 0 Å². The molecular formula is C39H73NO9. The van der Waals surface area contributed by atoms with Crippen LogP contribution < -0.4 is 5.32 Å². The van der Waals surface area contributed by atoms with Gasteiger partial charge in [-0.05, 0) is 32.1 Å². The van der Waals surface area contributed by atoms with Gasteiger partial charge in [0.2, 0.25) is 5.91 Å². The molecule has 0 spiro atoms. The van der Waals surface area contributed by atoms with Crippen LogP contribution in [0.4, 0.5) is 0 Å². The number of allylic oxidation sites excluding steroid dienone is 3. The summed E-state index contributed by atoms with van der Waals surface area (Å²) < 4.78 is 11.1. The molecule has 0 radical (unpaired) electrons. The molecule has 8 atom stereocenters. The van der Waals surface area contributed by atoms with Crippen molar-refractivity contribution in [3.8, 4) is 0 Å². The lowest BCUT2D eigenvalue weighted by atomic mass is 9.99. The highest BCUT2D eigenvalue weighted by molar-refractivity contribution is 5.80. The summed E-state index contributed by atoms with van der Waals surface area (Å²) in [4.78, 5) is 12.9. The molecule has 0 bridgehead atoms. The predicted octanol–water partition coefficient (Wildman–Crippen LogP) is 5.74. The maximum absolute atomic E-state index is 12.9. The van der Waals surface area contributed by atoms with E-state index in [0.717, 1.165) is 32.1 Å². The lowest BCUT2D eigenvalue weighted by Crippen LogP contribution is -2.60. The zero-order chi connectivity index (χ0) is 36.1. The van der Waals surface area contributed by atoms with Gasteiger partial charge in [-0.1, -0.05) is 147 Å². The topological polar surface area (TPSA) is 169 Å². The number of aliphatic hydroxyl groups excluding tert-OH is 6. The molecule has 1 fully saturated rings. The molecule has 0 aromatic heterocycles. The minimum atomic E-state index is -1.61. The Morgan fingerprint density at radius 3 is 1.78 bits per heavy atom. The highest BCUT2D eigenvalue weighted by Crippen LogP contribution is 2.22. The largest absolute Gasteiger partial charge is 0.394 e. The highest BCUT2D eigenvalue weighted by Gasteiger charge is 2.44. The molecule has 1 rings (SSSR count). The fraction of sp³-hybridized carbons (Fsp3) is 0.872. The molecule has 10 nitrogen and oxygen atoms in total. The van der Waals surface area contributed by atoms with Crippen molar-refractivity contribution in [3.63, 3.8) is 0 Å². The zero-order valence-electron chi connectivity index (χ0n) is 30.8. The van der Waals surface area contributed by atoms with Crippen LogP contribution in [0, 0.1) is 0 Å². The van der Waals surface area contributed by atoms with Gasteiger partial charge in [0.05, 0.1) is 25.4 Å². The van der Waals surface area contributed by atoms with E-state index in [1.165, 1.54) is 89.9 Å². The van der Waals surface area contributed by atoms with E-state index in [4.69, 9.17) is 9.47 Å². The second kappa shape index (κ2) is 30.3. The van der Waals surface area contributed by atoms with Crippen LogP contribution >= 0.6 is 0 Å². The Balaban J connectivity index is 2.53. The fourth-order valence-electron chi connectivity index (χ4n) is 6.06. The molecular weight excluding hydrogens is 626 g/mol. The Labute approximate surface area is 297 Å². The molecule has 0 aromatic carbocycles.